The van der Waals surface area contributed by atoms with E-state index in [-0.39, 0.29) is 24.7 Å². The summed E-state index contributed by atoms with van der Waals surface area (Å²) >= 11 is 0. The number of nitrogens with one attached hydrogen (secondary N) is 1. The van der Waals surface area contributed by atoms with Gasteiger partial charge >= 0.3 is 12.1 Å². The minimum absolute atomic E-state index is 0.0682. The van der Waals surface area contributed by atoms with E-state index < -0.39 is 18.1 Å². The summed E-state index contributed by atoms with van der Waals surface area (Å²) in [4.78, 5) is 27.2. The number of carbonyl (C=O) groups excluding carboxylic acids is 1. The molecule has 7 nitrogen and oxygen atoms in total. The van der Waals surface area contributed by atoms with Crippen LogP contribution in [0.25, 0.3) is 11.1 Å². The van der Waals surface area contributed by atoms with E-state index >= 15 is 0 Å². The highest BCUT2D eigenvalue weighted by atomic mass is 16.5. The molecule has 1 amide bonds. The van der Waals surface area contributed by atoms with Crippen molar-refractivity contribution in [2.24, 2.45) is 0 Å². The van der Waals surface area contributed by atoms with Gasteiger partial charge in [-0.05, 0) is 22.3 Å². The summed E-state index contributed by atoms with van der Waals surface area (Å²) in [7, 11) is 0. The summed E-state index contributed by atoms with van der Waals surface area (Å²) in [6.07, 6.45) is 1.52. The van der Waals surface area contributed by atoms with Crippen molar-refractivity contribution in [3.63, 3.8) is 0 Å². The van der Waals surface area contributed by atoms with Crippen LogP contribution in [0.5, 0.6) is 0 Å². The van der Waals surface area contributed by atoms with Crippen LogP contribution in [-0.4, -0.2) is 28.8 Å². The zero-order valence-corrected chi connectivity index (χ0v) is 14.9. The molecule has 4 rings (SSSR count). The van der Waals surface area contributed by atoms with Gasteiger partial charge in [0.2, 0.25) is 0 Å². The van der Waals surface area contributed by atoms with Gasteiger partial charge in [0.05, 0.1) is 12.6 Å². The molecular weight excluding hydrogens is 360 g/mol. The molecule has 3 aromatic rings. The molecule has 1 aliphatic rings. The third kappa shape index (κ3) is 3.46. The van der Waals surface area contributed by atoms with Crippen LogP contribution in [0.1, 0.15) is 35.3 Å². The van der Waals surface area contributed by atoms with E-state index in [1.165, 1.54) is 12.6 Å². The fourth-order valence-corrected chi connectivity index (χ4v) is 3.58. The molecule has 2 N–H and O–H groups in total. The number of nitrogens with zero attached hydrogens (tertiary/aromatic N) is 1. The zero-order valence-electron chi connectivity index (χ0n) is 14.9. The van der Waals surface area contributed by atoms with Gasteiger partial charge in [-0.1, -0.05) is 48.5 Å². The second kappa shape index (κ2) is 7.56. The highest BCUT2D eigenvalue weighted by Crippen LogP contribution is 2.44. The Morgan fingerprint density at radius 2 is 1.75 bits per heavy atom. The number of aliphatic carboxylic acids is 1. The van der Waals surface area contributed by atoms with Gasteiger partial charge in [0.1, 0.15) is 18.4 Å². The molecule has 0 aliphatic heterocycles. The maximum absolute atomic E-state index is 12.3. The van der Waals surface area contributed by atoms with Crippen molar-refractivity contribution in [1.29, 1.82) is 0 Å². The first-order chi connectivity index (χ1) is 13.6. The molecule has 1 aliphatic carbocycles. The normalized spacial score (nSPS) is 13.4. The van der Waals surface area contributed by atoms with Crippen molar-refractivity contribution < 1.29 is 23.8 Å². The molecule has 0 saturated heterocycles. The number of amides is 1. The van der Waals surface area contributed by atoms with E-state index in [4.69, 9.17) is 14.3 Å². The summed E-state index contributed by atoms with van der Waals surface area (Å²) in [6.45, 7) is 0.149. The predicted octanol–water partition coefficient (Wildman–Crippen LogP) is 3.73. The maximum atomic E-state index is 12.3. The SMILES string of the molecule is O=C(O)C[C@H](NC(=O)OCC1c2ccccc2-c2ccccc21)c1cnco1. The maximum Gasteiger partial charge on any atom is 0.407 e. The minimum Gasteiger partial charge on any atom is -0.481 e. The first-order valence-electron chi connectivity index (χ1n) is 8.85. The van der Waals surface area contributed by atoms with Crippen LogP contribution in [0.4, 0.5) is 4.79 Å². The van der Waals surface area contributed by atoms with E-state index in [0.29, 0.717) is 0 Å². The number of hydrogen-bond donors (Lipinski definition) is 2. The molecule has 28 heavy (non-hydrogen) atoms. The highest BCUT2D eigenvalue weighted by Gasteiger charge is 2.29. The van der Waals surface area contributed by atoms with Crippen LogP contribution in [0.15, 0.2) is 65.5 Å². The second-order valence-corrected chi connectivity index (χ2v) is 6.52. The van der Waals surface area contributed by atoms with Crippen LogP contribution >= 0.6 is 0 Å². The average molecular weight is 378 g/mol. The van der Waals surface area contributed by atoms with Gasteiger partial charge in [-0.15, -0.1) is 0 Å². The number of oxazole rings is 1. The Kier molecular flexibility index (Phi) is 4.80. The summed E-state index contributed by atoms with van der Waals surface area (Å²) in [5.41, 5.74) is 4.48. The number of carboxylic acid groups (broad SMARTS) is 1. The lowest BCUT2D eigenvalue weighted by Crippen LogP contribution is -2.31. The minimum atomic E-state index is -1.07. The lowest BCUT2D eigenvalue weighted by atomic mass is 9.98. The van der Waals surface area contributed by atoms with Gasteiger partial charge in [0.15, 0.2) is 6.39 Å². The summed E-state index contributed by atoms with van der Waals surface area (Å²) in [6, 6.07) is 15.2. The molecule has 0 spiro atoms. The molecule has 142 valence electrons. The van der Waals surface area contributed by atoms with Crippen molar-refractivity contribution in [2.45, 2.75) is 18.4 Å². The monoisotopic (exact) mass is 378 g/mol. The first kappa shape index (κ1) is 17.8. The fraction of sp³-hybridized carbons (Fsp3) is 0.190. The van der Waals surface area contributed by atoms with E-state index in [9.17, 15) is 9.59 Å². The number of ether oxygens (including phenoxy) is 1. The number of carbonyl (C=O) groups is 2. The number of carboxylic acids is 1. The van der Waals surface area contributed by atoms with Crippen LogP contribution in [-0.2, 0) is 9.53 Å². The Morgan fingerprint density at radius 3 is 2.32 bits per heavy atom. The van der Waals surface area contributed by atoms with Crippen LogP contribution < -0.4 is 5.32 Å². The van der Waals surface area contributed by atoms with E-state index in [0.717, 1.165) is 22.3 Å². The van der Waals surface area contributed by atoms with Gasteiger partial charge < -0.3 is 19.6 Å². The van der Waals surface area contributed by atoms with Crippen molar-refractivity contribution in [3.05, 3.63) is 78.0 Å². The third-order valence-electron chi connectivity index (χ3n) is 4.81. The average Bonchev–Trinajstić information content (AvgIpc) is 3.32. The zero-order chi connectivity index (χ0) is 19.5. The van der Waals surface area contributed by atoms with Crippen molar-refractivity contribution in [3.8, 4) is 11.1 Å². The second-order valence-electron chi connectivity index (χ2n) is 6.52. The Labute approximate surface area is 161 Å². The molecule has 0 fully saturated rings. The van der Waals surface area contributed by atoms with Gasteiger partial charge in [0, 0.05) is 5.92 Å². The van der Waals surface area contributed by atoms with Crippen LogP contribution in [0.3, 0.4) is 0 Å². The third-order valence-corrected chi connectivity index (χ3v) is 4.81. The molecule has 2 aromatic carbocycles. The molecular formula is C21H18N2O5. The van der Waals surface area contributed by atoms with Gasteiger partial charge in [-0.3, -0.25) is 4.79 Å². The van der Waals surface area contributed by atoms with Gasteiger partial charge in [0.25, 0.3) is 0 Å². The highest BCUT2D eigenvalue weighted by molar-refractivity contribution is 5.79. The number of alkyl carbamates (subject to hydrolysis) is 1. The molecule has 1 atom stereocenters. The van der Waals surface area contributed by atoms with E-state index in [1.807, 2.05) is 36.4 Å². The number of aromatic nitrogens is 1. The van der Waals surface area contributed by atoms with Crippen LogP contribution in [0.2, 0.25) is 0 Å². The molecule has 0 saturated carbocycles. The lowest BCUT2D eigenvalue weighted by molar-refractivity contribution is -0.137. The summed E-state index contributed by atoms with van der Waals surface area (Å²) in [5, 5.41) is 11.6. The van der Waals surface area contributed by atoms with Gasteiger partial charge in [-0.25, -0.2) is 9.78 Å². The Hall–Kier alpha value is -3.61. The van der Waals surface area contributed by atoms with Crippen molar-refractivity contribution in [2.75, 3.05) is 6.61 Å². The standard InChI is InChI=1S/C21H18N2O5/c24-20(25)9-18(19-10-22-12-28-19)23-21(26)27-11-17-15-7-3-1-5-13(15)14-6-2-4-8-16(14)17/h1-8,10,12,17-18H,9,11H2,(H,23,26)(H,24,25)/t18-/m0/s1. The Morgan fingerprint density at radius 1 is 1.11 bits per heavy atom. The van der Waals surface area contributed by atoms with Crippen molar-refractivity contribution in [1.82, 2.24) is 10.3 Å². The van der Waals surface area contributed by atoms with Gasteiger partial charge in [-0.2, -0.15) is 0 Å². The number of rotatable bonds is 6. The molecule has 0 radical (unpaired) electrons. The molecule has 1 heterocycles. The largest absolute Gasteiger partial charge is 0.481 e. The number of hydrogen-bond acceptors (Lipinski definition) is 5. The summed E-state index contributed by atoms with van der Waals surface area (Å²) in [5.74, 6) is -0.877. The Bertz CT molecular complexity index is 954. The number of fused-ring (bicyclic) bond motifs is 3. The topological polar surface area (TPSA) is 102 Å². The first-order valence-corrected chi connectivity index (χ1v) is 8.85. The quantitative estimate of drug-likeness (QED) is 0.678. The Balaban J connectivity index is 1.47. The van der Waals surface area contributed by atoms with E-state index in [2.05, 4.69) is 22.4 Å². The predicted molar refractivity (Wildman–Crippen MR) is 99.7 cm³/mol. The van der Waals surface area contributed by atoms with Crippen LogP contribution in [0, 0.1) is 0 Å². The molecule has 1 aromatic heterocycles. The van der Waals surface area contributed by atoms with Crippen molar-refractivity contribution >= 4 is 12.1 Å². The molecule has 7 heteroatoms. The lowest BCUT2D eigenvalue weighted by Gasteiger charge is -2.17. The summed E-state index contributed by atoms with van der Waals surface area (Å²) < 4.78 is 10.6. The fourth-order valence-electron chi connectivity index (χ4n) is 3.58. The smallest absolute Gasteiger partial charge is 0.407 e. The van der Waals surface area contributed by atoms with E-state index in [1.54, 1.807) is 0 Å². The molecule has 0 bridgehead atoms. The number of benzene rings is 2. The molecule has 0 unspecified atom stereocenters.